The summed E-state index contributed by atoms with van der Waals surface area (Å²) in [6, 6.07) is 23.6. The third-order valence-electron chi connectivity index (χ3n) is 15.7. The molecular formula is C61H76F6N4O8. The Morgan fingerprint density at radius 1 is 0.620 bits per heavy atom. The number of rotatable bonds is 18. The number of anilines is 2. The second kappa shape index (κ2) is 26.0. The van der Waals surface area contributed by atoms with Gasteiger partial charge in [-0.3, -0.25) is 19.2 Å². The monoisotopic (exact) mass is 1110 g/mol. The van der Waals surface area contributed by atoms with E-state index in [1.54, 1.807) is 21.3 Å². The van der Waals surface area contributed by atoms with E-state index in [2.05, 4.69) is 5.32 Å². The maximum absolute atomic E-state index is 14.4. The van der Waals surface area contributed by atoms with Crippen LogP contribution in [0.3, 0.4) is 0 Å². The Labute approximate surface area is 460 Å². The highest BCUT2D eigenvalue weighted by Gasteiger charge is 2.47. The third-order valence-corrected chi connectivity index (χ3v) is 15.7. The summed E-state index contributed by atoms with van der Waals surface area (Å²) in [6.07, 6.45) is 1.55. The van der Waals surface area contributed by atoms with Crippen LogP contribution >= 0.6 is 0 Å². The summed E-state index contributed by atoms with van der Waals surface area (Å²) in [4.78, 5) is 58.3. The van der Waals surface area contributed by atoms with Crippen LogP contribution in [-0.2, 0) is 44.3 Å². The predicted molar refractivity (Wildman–Crippen MR) is 291 cm³/mol. The van der Waals surface area contributed by atoms with Crippen molar-refractivity contribution in [3.05, 3.63) is 118 Å². The van der Waals surface area contributed by atoms with Gasteiger partial charge >= 0.3 is 12.4 Å². The Kier molecular flexibility index (Phi) is 19.9. The predicted octanol–water partition coefficient (Wildman–Crippen LogP) is 12.7. The number of ether oxygens (including phenoxy) is 4. The quantitative estimate of drug-likeness (QED) is 0.0771. The zero-order valence-corrected chi connectivity index (χ0v) is 46.5. The smallest absolute Gasteiger partial charge is 0.417 e. The van der Waals surface area contributed by atoms with Crippen molar-refractivity contribution in [2.75, 3.05) is 57.4 Å². The minimum atomic E-state index is -4.78. The number of halogens is 6. The Balaban J connectivity index is 0.000000229. The fourth-order valence-electron chi connectivity index (χ4n) is 11.5. The first-order valence-electron chi connectivity index (χ1n) is 27.6. The molecule has 18 heteroatoms. The normalized spacial score (nSPS) is 20.7. The molecule has 2 saturated carbocycles. The van der Waals surface area contributed by atoms with Gasteiger partial charge in [-0.15, -0.1) is 0 Å². The number of hydrogen-bond donors (Lipinski definition) is 1. The van der Waals surface area contributed by atoms with E-state index in [0.717, 1.165) is 81.0 Å². The Hall–Kier alpha value is -6.14. The second-order valence-corrected chi connectivity index (χ2v) is 22.3. The molecule has 12 nitrogen and oxygen atoms in total. The topological polar surface area (TPSA) is 127 Å². The Morgan fingerprint density at radius 2 is 1.05 bits per heavy atom. The first kappa shape index (κ1) is 60.5. The second-order valence-electron chi connectivity index (χ2n) is 22.3. The molecule has 0 bridgehead atoms. The SMILES string of the molecule is COCCCCN1C(=O)C(C)(C)Oc2cc(C(F)(F)F)c(C(=O)N(C)C3CCCC[C@H]3Cc3ccccc3)cc21.COCCCCN1C(=O)C(C)(C)Oc2cc(C(F)(F)F)c(C(=O)NC3CCCC[C@H]3Cc3ccccc3)cc21. The number of nitrogens with zero attached hydrogens (tertiary/aromatic N) is 3. The molecule has 2 aliphatic heterocycles. The van der Waals surface area contributed by atoms with Crippen molar-refractivity contribution in [2.24, 2.45) is 11.8 Å². The number of fused-ring (bicyclic) bond motifs is 2. The zero-order chi connectivity index (χ0) is 57.3. The molecule has 4 aromatic carbocycles. The van der Waals surface area contributed by atoms with Gasteiger partial charge in [0.15, 0.2) is 11.2 Å². The van der Waals surface area contributed by atoms with Crippen molar-refractivity contribution in [1.82, 2.24) is 10.2 Å². The van der Waals surface area contributed by atoms with E-state index in [1.807, 2.05) is 60.7 Å². The van der Waals surface area contributed by atoms with Crippen LogP contribution < -0.4 is 24.6 Å². The first-order chi connectivity index (χ1) is 37.4. The van der Waals surface area contributed by atoms with Crippen LogP contribution in [0.5, 0.6) is 11.5 Å². The number of amides is 4. The van der Waals surface area contributed by atoms with Gasteiger partial charge in [0, 0.05) is 59.7 Å². The number of carbonyl (C=O) groups excluding carboxylic acids is 4. The highest BCUT2D eigenvalue weighted by Crippen LogP contribution is 2.47. The average Bonchev–Trinajstić information content (AvgIpc) is 3.61. The molecule has 2 unspecified atom stereocenters. The van der Waals surface area contributed by atoms with E-state index in [-0.39, 0.29) is 71.7 Å². The largest absolute Gasteiger partial charge is 0.476 e. The van der Waals surface area contributed by atoms with Crippen molar-refractivity contribution in [1.29, 1.82) is 0 Å². The van der Waals surface area contributed by atoms with Crippen LogP contribution in [0.15, 0.2) is 84.9 Å². The zero-order valence-electron chi connectivity index (χ0n) is 46.5. The molecule has 1 N–H and O–H groups in total. The number of alkyl halides is 6. The Bertz CT molecular complexity index is 2740. The lowest BCUT2D eigenvalue weighted by molar-refractivity contribution is -0.139. The van der Waals surface area contributed by atoms with Gasteiger partial charge in [-0.1, -0.05) is 86.3 Å². The minimum absolute atomic E-state index is 0.0532. The molecule has 4 aromatic rings. The molecule has 0 spiro atoms. The first-order valence-corrected chi connectivity index (χ1v) is 27.6. The molecule has 0 saturated heterocycles. The van der Waals surface area contributed by atoms with Crippen molar-refractivity contribution in [2.45, 2.75) is 153 Å². The lowest BCUT2D eigenvalue weighted by Gasteiger charge is -2.40. The van der Waals surface area contributed by atoms with Gasteiger partial charge < -0.3 is 39.0 Å². The molecular weight excluding hydrogens is 1030 g/mol. The average molecular weight is 1110 g/mol. The summed E-state index contributed by atoms with van der Waals surface area (Å²) in [5.74, 6) is -2.06. The fourth-order valence-corrected chi connectivity index (χ4v) is 11.5. The van der Waals surface area contributed by atoms with Crippen LogP contribution in [0.4, 0.5) is 37.7 Å². The minimum Gasteiger partial charge on any atom is -0.476 e. The number of carbonyl (C=O) groups is 4. The Morgan fingerprint density at radius 3 is 1.53 bits per heavy atom. The van der Waals surface area contributed by atoms with Crippen molar-refractivity contribution < 1.29 is 64.5 Å². The highest BCUT2D eigenvalue weighted by molar-refractivity contribution is 6.06. The molecule has 0 aromatic heterocycles. The van der Waals surface area contributed by atoms with Gasteiger partial charge in [0.05, 0.1) is 33.6 Å². The highest BCUT2D eigenvalue weighted by atomic mass is 19.4. The van der Waals surface area contributed by atoms with E-state index in [1.165, 1.54) is 54.5 Å². The van der Waals surface area contributed by atoms with Gasteiger partial charge in [0.2, 0.25) is 0 Å². The molecule has 430 valence electrons. The fraction of sp³-hybridized carbons (Fsp3) is 0.541. The van der Waals surface area contributed by atoms with Gasteiger partial charge in [0.25, 0.3) is 23.6 Å². The summed E-state index contributed by atoms with van der Waals surface area (Å²) < 4.78 is 108. The van der Waals surface area contributed by atoms with E-state index in [4.69, 9.17) is 18.9 Å². The summed E-state index contributed by atoms with van der Waals surface area (Å²) in [6.45, 7) is 7.69. The van der Waals surface area contributed by atoms with E-state index in [0.29, 0.717) is 45.3 Å². The lowest BCUT2D eigenvalue weighted by atomic mass is 9.79. The number of hydrogen-bond acceptors (Lipinski definition) is 8. The van der Waals surface area contributed by atoms with E-state index >= 15 is 0 Å². The van der Waals surface area contributed by atoms with Crippen LogP contribution in [0, 0.1) is 11.8 Å². The van der Waals surface area contributed by atoms with Crippen LogP contribution in [-0.4, -0.2) is 99.4 Å². The molecule has 2 aliphatic carbocycles. The van der Waals surface area contributed by atoms with Gasteiger partial charge in [-0.2, -0.15) is 26.3 Å². The summed E-state index contributed by atoms with van der Waals surface area (Å²) in [5.41, 5.74) is -3.11. The molecule has 2 heterocycles. The molecule has 4 atom stereocenters. The standard InChI is InChI=1S/C31H39F3N2O4.C30H37F3N2O4/c1-30(2)29(38)36(16-10-11-17-39-4)26-19-23(24(31(32,33)34)20-27(26)40-30)28(37)35(3)25-15-9-8-14-22(25)18-21-12-6-5-7-13-21;1-29(2)28(37)35(15-9-10-16-38-3)25-18-22(23(30(31,32)33)19-26(25)39-29)27(36)34-24-14-8-7-13-21(24)17-20-11-5-4-6-12-20/h5-7,12-13,19-20,22,25H,8-11,14-18H2,1-4H3;4-6,11-12,18-19,21,24H,7-10,13-17H2,1-3H3,(H,34,36)/t22-,25?;21-,24?/m00/s1. The van der Waals surface area contributed by atoms with Crippen LogP contribution in [0.1, 0.15) is 148 Å². The summed E-state index contributed by atoms with van der Waals surface area (Å²) in [7, 11) is 4.77. The molecule has 2 fully saturated rings. The van der Waals surface area contributed by atoms with Crippen LogP contribution in [0.25, 0.3) is 0 Å². The summed E-state index contributed by atoms with van der Waals surface area (Å²) >= 11 is 0. The third kappa shape index (κ3) is 14.8. The lowest BCUT2D eigenvalue weighted by Crippen LogP contribution is -2.53. The number of unbranched alkanes of at least 4 members (excludes halogenated alkanes) is 2. The molecule has 8 rings (SSSR count). The number of benzene rings is 4. The van der Waals surface area contributed by atoms with E-state index in [9.17, 15) is 45.5 Å². The molecule has 79 heavy (non-hydrogen) atoms. The maximum Gasteiger partial charge on any atom is 0.417 e. The van der Waals surface area contributed by atoms with Crippen molar-refractivity contribution >= 4 is 35.0 Å². The number of methoxy groups -OCH3 is 2. The van der Waals surface area contributed by atoms with Crippen molar-refractivity contribution in [3.8, 4) is 11.5 Å². The maximum atomic E-state index is 14.4. The van der Waals surface area contributed by atoms with Gasteiger partial charge in [-0.25, -0.2) is 0 Å². The molecule has 0 radical (unpaired) electrons. The molecule has 4 amide bonds. The van der Waals surface area contributed by atoms with Crippen LogP contribution in [0.2, 0.25) is 0 Å². The van der Waals surface area contributed by atoms with E-state index < -0.39 is 57.6 Å². The van der Waals surface area contributed by atoms with Crippen molar-refractivity contribution in [3.63, 3.8) is 0 Å². The molecule has 4 aliphatic rings. The summed E-state index contributed by atoms with van der Waals surface area (Å²) in [5, 5.41) is 2.93. The van der Waals surface area contributed by atoms with Gasteiger partial charge in [-0.05, 0) is 139 Å². The number of nitrogens with one attached hydrogen (secondary N) is 1. The van der Waals surface area contributed by atoms with Gasteiger partial charge in [0.1, 0.15) is 11.5 Å².